The molecule has 62 valence electrons. The molecule has 0 fully saturated rings. The highest BCUT2D eigenvalue weighted by Crippen LogP contribution is 2.21. The van der Waals surface area contributed by atoms with Crippen molar-refractivity contribution in [1.82, 2.24) is 0 Å². The van der Waals surface area contributed by atoms with Gasteiger partial charge in [0, 0.05) is 15.9 Å². The number of terminal acetylenes is 1. The number of aryl methyl sites for hydroxylation is 1. The van der Waals surface area contributed by atoms with Crippen molar-refractivity contribution in [2.75, 3.05) is 0 Å². The fraction of sp³-hybridized carbons (Fsp3) is 0.200. The molecule has 0 nitrogen and oxygen atoms in total. The van der Waals surface area contributed by atoms with Gasteiger partial charge in [-0.25, -0.2) is 0 Å². The SMILES string of the molecule is C#CCCc1cc(Br)ccc1Cl. The van der Waals surface area contributed by atoms with Crippen LogP contribution in [0.1, 0.15) is 12.0 Å². The van der Waals surface area contributed by atoms with E-state index < -0.39 is 0 Å². The molecular weight excluding hydrogens is 235 g/mol. The van der Waals surface area contributed by atoms with E-state index in [0.29, 0.717) is 0 Å². The minimum atomic E-state index is 0.732. The molecule has 0 saturated carbocycles. The van der Waals surface area contributed by atoms with Gasteiger partial charge < -0.3 is 0 Å². The molecule has 0 N–H and O–H groups in total. The maximum absolute atomic E-state index is 5.94. The Bertz CT molecular complexity index is 312. The van der Waals surface area contributed by atoms with Gasteiger partial charge in [0.2, 0.25) is 0 Å². The molecule has 0 aliphatic carbocycles. The Balaban J connectivity index is 2.84. The van der Waals surface area contributed by atoms with Crippen LogP contribution in [0.2, 0.25) is 5.02 Å². The Morgan fingerprint density at radius 3 is 2.92 bits per heavy atom. The number of halogens is 2. The quantitative estimate of drug-likeness (QED) is 0.695. The summed E-state index contributed by atoms with van der Waals surface area (Å²) in [5, 5.41) is 0.786. The molecule has 12 heavy (non-hydrogen) atoms. The second-order valence-electron chi connectivity index (χ2n) is 2.44. The van der Waals surface area contributed by atoms with Gasteiger partial charge in [0.05, 0.1) is 0 Å². The summed E-state index contributed by atoms with van der Waals surface area (Å²) in [5.74, 6) is 2.59. The second-order valence-corrected chi connectivity index (χ2v) is 3.76. The Hall–Kier alpha value is -0.450. The molecular formula is C10H8BrCl. The molecule has 0 heterocycles. The van der Waals surface area contributed by atoms with Gasteiger partial charge in [0.25, 0.3) is 0 Å². The molecule has 2 heteroatoms. The van der Waals surface area contributed by atoms with Crippen LogP contribution < -0.4 is 0 Å². The maximum atomic E-state index is 5.94. The van der Waals surface area contributed by atoms with Gasteiger partial charge in [0.1, 0.15) is 0 Å². The van der Waals surface area contributed by atoms with E-state index in [1.807, 2.05) is 18.2 Å². The third kappa shape index (κ3) is 2.55. The van der Waals surface area contributed by atoms with E-state index in [2.05, 4.69) is 21.9 Å². The van der Waals surface area contributed by atoms with Gasteiger partial charge in [-0.3, -0.25) is 0 Å². The summed E-state index contributed by atoms with van der Waals surface area (Å²) in [6, 6.07) is 5.79. The number of benzene rings is 1. The van der Waals surface area contributed by atoms with Crippen molar-refractivity contribution < 1.29 is 0 Å². The van der Waals surface area contributed by atoms with Gasteiger partial charge in [-0.15, -0.1) is 12.3 Å². The first-order valence-electron chi connectivity index (χ1n) is 3.61. The van der Waals surface area contributed by atoms with Crippen molar-refractivity contribution in [3.05, 3.63) is 33.3 Å². The molecule has 1 aromatic rings. The van der Waals surface area contributed by atoms with Gasteiger partial charge in [-0.1, -0.05) is 27.5 Å². The fourth-order valence-corrected chi connectivity index (χ4v) is 1.56. The van der Waals surface area contributed by atoms with Crippen LogP contribution in [0.25, 0.3) is 0 Å². The molecule has 0 aliphatic heterocycles. The summed E-state index contributed by atoms with van der Waals surface area (Å²) in [5.41, 5.74) is 1.10. The van der Waals surface area contributed by atoms with Crippen LogP contribution in [0.3, 0.4) is 0 Å². The van der Waals surface area contributed by atoms with Gasteiger partial charge in [-0.2, -0.15) is 0 Å². The average Bonchev–Trinajstić information content (AvgIpc) is 2.07. The highest BCUT2D eigenvalue weighted by Gasteiger charge is 1.99. The molecule has 0 atom stereocenters. The normalized spacial score (nSPS) is 9.42. The van der Waals surface area contributed by atoms with E-state index >= 15 is 0 Å². The molecule has 0 spiro atoms. The van der Waals surface area contributed by atoms with Crippen molar-refractivity contribution in [2.24, 2.45) is 0 Å². The Morgan fingerprint density at radius 1 is 1.50 bits per heavy atom. The topological polar surface area (TPSA) is 0 Å². The molecule has 0 saturated heterocycles. The zero-order valence-electron chi connectivity index (χ0n) is 6.48. The summed E-state index contributed by atoms with van der Waals surface area (Å²) >= 11 is 9.32. The van der Waals surface area contributed by atoms with E-state index in [4.69, 9.17) is 18.0 Å². The number of hydrogen-bond acceptors (Lipinski definition) is 0. The Kier molecular flexibility index (Phi) is 3.65. The third-order valence-electron chi connectivity index (χ3n) is 1.55. The van der Waals surface area contributed by atoms with Gasteiger partial charge in [0.15, 0.2) is 0 Å². The lowest BCUT2D eigenvalue weighted by Crippen LogP contribution is -1.84. The van der Waals surface area contributed by atoms with Crippen LogP contribution in [-0.2, 0) is 6.42 Å². The predicted molar refractivity (Wildman–Crippen MR) is 56.3 cm³/mol. The van der Waals surface area contributed by atoms with Crippen LogP contribution in [0.4, 0.5) is 0 Å². The zero-order valence-corrected chi connectivity index (χ0v) is 8.82. The molecule has 0 radical (unpaired) electrons. The smallest absolute Gasteiger partial charge is 0.0439 e. The van der Waals surface area contributed by atoms with Crippen LogP contribution in [-0.4, -0.2) is 0 Å². The molecule has 0 amide bonds. The van der Waals surface area contributed by atoms with Gasteiger partial charge in [-0.05, 0) is 30.2 Å². The van der Waals surface area contributed by atoms with Crippen molar-refractivity contribution in [2.45, 2.75) is 12.8 Å². The summed E-state index contributed by atoms with van der Waals surface area (Å²) in [7, 11) is 0. The maximum Gasteiger partial charge on any atom is 0.0439 e. The van der Waals surface area contributed by atoms with Crippen LogP contribution in [0, 0.1) is 12.3 Å². The van der Waals surface area contributed by atoms with Crippen molar-refractivity contribution in [3.8, 4) is 12.3 Å². The minimum absolute atomic E-state index is 0.732. The number of hydrogen-bond donors (Lipinski definition) is 0. The van der Waals surface area contributed by atoms with Crippen LogP contribution >= 0.6 is 27.5 Å². The van der Waals surface area contributed by atoms with Gasteiger partial charge >= 0.3 is 0 Å². The van der Waals surface area contributed by atoms with E-state index in [0.717, 1.165) is 27.9 Å². The lowest BCUT2D eigenvalue weighted by Gasteiger charge is -2.01. The van der Waals surface area contributed by atoms with E-state index in [9.17, 15) is 0 Å². The highest BCUT2D eigenvalue weighted by atomic mass is 79.9. The van der Waals surface area contributed by atoms with E-state index in [1.54, 1.807) is 0 Å². The molecule has 1 aromatic carbocycles. The lowest BCUT2D eigenvalue weighted by molar-refractivity contribution is 1.03. The monoisotopic (exact) mass is 242 g/mol. The Morgan fingerprint density at radius 2 is 2.25 bits per heavy atom. The van der Waals surface area contributed by atoms with Crippen molar-refractivity contribution in [3.63, 3.8) is 0 Å². The Labute approximate surface area is 86.1 Å². The summed E-state index contributed by atoms with van der Waals surface area (Å²) in [4.78, 5) is 0. The summed E-state index contributed by atoms with van der Waals surface area (Å²) < 4.78 is 1.04. The first-order chi connectivity index (χ1) is 5.74. The van der Waals surface area contributed by atoms with Crippen molar-refractivity contribution in [1.29, 1.82) is 0 Å². The molecule has 0 aliphatic rings. The molecule has 1 rings (SSSR count). The van der Waals surface area contributed by atoms with Crippen LogP contribution in [0.15, 0.2) is 22.7 Å². The number of rotatable bonds is 2. The molecule has 0 aromatic heterocycles. The van der Waals surface area contributed by atoms with Crippen molar-refractivity contribution >= 4 is 27.5 Å². The first-order valence-corrected chi connectivity index (χ1v) is 4.78. The zero-order chi connectivity index (χ0) is 8.97. The second kappa shape index (κ2) is 4.54. The first kappa shape index (κ1) is 9.64. The third-order valence-corrected chi connectivity index (χ3v) is 2.41. The average molecular weight is 244 g/mol. The van der Waals surface area contributed by atoms with E-state index in [-0.39, 0.29) is 0 Å². The molecule has 0 unspecified atom stereocenters. The molecule has 0 bridgehead atoms. The standard InChI is InChI=1S/C10H8BrCl/c1-2-3-4-8-7-9(11)5-6-10(8)12/h1,5-7H,3-4H2. The largest absolute Gasteiger partial charge is 0.120 e. The predicted octanol–water partition coefficient (Wildman–Crippen LogP) is 3.67. The summed E-state index contributed by atoms with van der Waals surface area (Å²) in [6.07, 6.45) is 6.73. The summed E-state index contributed by atoms with van der Waals surface area (Å²) in [6.45, 7) is 0. The highest BCUT2D eigenvalue weighted by molar-refractivity contribution is 9.10. The fourth-order valence-electron chi connectivity index (χ4n) is 0.942. The van der Waals surface area contributed by atoms with Crippen LogP contribution in [0.5, 0.6) is 0 Å². The minimum Gasteiger partial charge on any atom is -0.120 e. The van der Waals surface area contributed by atoms with E-state index in [1.165, 1.54) is 0 Å². The lowest BCUT2D eigenvalue weighted by atomic mass is 10.1.